The lowest BCUT2D eigenvalue weighted by atomic mass is 10.2. The van der Waals surface area contributed by atoms with E-state index in [0.29, 0.717) is 22.1 Å². The van der Waals surface area contributed by atoms with Crippen LogP contribution in [0.25, 0.3) is 5.69 Å². The largest absolute Gasteiger partial charge is 0.326 e. The molecule has 0 aliphatic carbocycles. The van der Waals surface area contributed by atoms with Gasteiger partial charge in [0.15, 0.2) is 0 Å². The highest BCUT2D eigenvalue weighted by Crippen LogP contribution is 2.14. The SMILES string of the molecule is CC(NC(=O)Nc1ccc(Cl)cc1)C(=O)Nc1ccc(-n2ccccc2=O)cc1. The fraction of sp³-hybridized carbons (Fsp3) is 0.0952. The third-order valence-corrected chi connectivity index (χ3v) is 4.33. The minimum absolute atomic E-state index is 0.145. The molecule has 2 aromatic carbocycles. The summed E-state index contributed by atoms with van der Waals surface area (Å²) in [4.78, 5) is 36.2. The average Bonchev–Trinajstić information content (AvgIpc) is 2.71. The second kappa shape index (κ2) is 9.07. The van der Waals surface area contributed by atoms with Crippen LogP contribution in [-0.2, 0) is 4.79 Å². The van der Waals surface area contributed by atoms with E-state index in [4.69, 9.17) is 11.6 Å². The molecule has 3 rings (SSSR count). The fourth-order valence-electron chi connectivity index (χ4n) is 2.56. The predicted molar refractivity (Wildman–Crippen MR) is 114 cm³/mol. The van der Waals surface area contributed by atoms with E-state index in [1.54, 1.807) is 73.8 Å². The van der Waals surface area contributed by atoms with Gasteiger partial charge < -0.3 is 16.0 Å². The standard InChI is InChI=1S/C21H19ClN4O3/c1-14(23-21(29)25-17-7-5-15(22)6-8-17)20(28)24-16-9-11-18(12-10-16)26-13-3-2-4-19(26)27/h2-14H,1H3,(H,24,28)(H2,23,25,29). The number of pyridine rings is 1. The number of rotatable bonds is 5. The van der Waals surface area contributed by atoms with Crippen molar-refractivity contribution >= 4 is 34.9 Å². The number of nitrogens with zero attached hydrogens (tertiary/aromatic N) is 1. The molecule has 7 nitrogen and oxygen atoms in total. The number of carbonyl (C=O) groups excluding carboxylic acids is 2. The number of hydrogen-bond acceptors (Lipinski definition) is 3. The minimum atomic E-state index is -0.765. The van der Waals surface area contributed by atoms with Crippen molar-refractivity contribution in [3.8, 4) is 5.69 Å². The zero-order valence-corrected chi connectivity index (χ0v) is 16.3. The van der Waals surface area contributed by atoms with E-state index in [9.17, 15) is 14.4 Å². The van der Waals surface area contributed by atoms with Gasteiger partial charge in [-0.3, -0.25) is 14.2 Å². The van der Waals surface area contributed by atoms with Crippen LogP contribution < -0.4 is 21.5 Å². The van der Waals surface area contributed by atoms with Crippen LogP contribution in [0.5, 0.6) is 0 Å². The summed E-state index contributed by atoms with van der Waals surface area (Å²) in [7, 11) is 0. The van der Waals surface area contributed by atoms with Crippen molar-refractivity contribution in [2.45, 2.75) is 13.0 Å². The second-order valence-electron chi connectivity index (χ2n) is 6.27. The van der Waals surface area contributed by atoms with Gasteiger partial charge in [-0.25, -0.2) is 4.79 Å². The van der Waals surface area contributed by atoms with Gasteiger partial charge in [-0.2, -0.15) is 0 Å². The van der Waals surface area contributed by atoms with Gasteiger partial charge in [-0.05, 0) is 61.5 Å². The highest BCUT2D eigenvalue weighted by Gasteiger charge is 2.16. The zero-order chi connectivity index (χ0) is 20.8. The van der Waals surface area contributed by atoms with Crippen molar-refractivity contribution < 1.29 is 9.59 Å². The number of aromatic nitrogens is 1. The van der Waals surface area contributed by atoms with Crippen molar-refractivity contribution in [3.05, 3.63) is 88.3 Å². The Morgan fingerprint density at radius 1 is 0.897 bits per heavy atom. The molecule has 0 spiro atoms. The summed E-state index contributed by atoms with van der Waals surface area (Å²) < 4.78 is 1.50. The molecule has 0 aliphatic heterocycles. The molecule has 0 saturated carbocycles. The highest BCUT2D eigenvalue weighted by atomic mass is 35.5. The monoisotopic (exact) mass is 410 g/mol. The zero-order valence-electron chi connectivity index (χ0n) is 15.6. The molecule has 3 aromatic rings. The normalized spacial score (nSPS) is 11.4. The number of amides is 3. The van der Waals surface area contributed by atoms with Gasteiger partial charge in [0.05, 0.1) is 0 Å². The Hall–Kier alpha value is -3.58. The molecule has 1 atom stereocenters. The molecule has 8 heteroatoms. The third kappa shape index (κ3) is 5.46. The van der Waals surface area contributed by atoms with Crippen molar-refractivity contribution in [2.24, 2.45) is 0 Å². The van der Waals surface area contributed by atoms with Gasteiger partial charge in [0.25, 0.3) is 5.56 Å². The van der Waals surface area contributed by atoms with Crippen LogP contribution in [0.2, 0.25) is 5.02 Å². The molecule has 0 bridgehead atoms. The Morgan fingerprint density at radius 2 is 1.52 bits per heavy atom. The molecule has 1 aromatic heterocycles. The van der Waals surface area contributed by atoms with Crippen LogP contribution in [0.3, 0.4) is 0 Å². The number of anilines is 2. The van der Waals surface area contributed by atoms with Gasteiger partial charge >= 0.3 is 6.03 Å². The Bertz CT molecular complexity index is 1060. The van der Waals surface area contributed by atoms with Gasteiger partial charge in [0.2, 0.25) is 5.91 Å². The second-order valence-corrected chi connectivity index (χ2v) is 6.71. The van der Waals surface area contributed by atoms with Crippen LogP contribution in [0.4, 0.5) is 16.2 Å². The van der Waals surface area contributed by atoms with Crippen LogP contribution >= 0.6 is 11.6 Å². The molecule has 0 saturated heterocycles. The number of urea groups is 1. The van der Waals surface area contributed by atoms with E-state index in [1.165, 1.54) is 10.6 Å². The number of carbonyl (C=O) groups is 2. The third-order valence-electron chi connectivity index (χ3n) is 4.08. The minimum Gasteiger partial charge on any atom is -0.326 e. The Kier molecular flexibility index (Phi) is 6.31. The van der Waals surface area contributed by atoms with E-state index >= 15 is 0 Å². The topological polar surface area (TPSA) is 92.2 Å². The van der Waals surface area contributed by atoms with Crippen LogP contribution in [0.1, 0.15) is 6.92 Å². The summed E-state index contributed by atoms with van der Waals surface area (Å²) in [6.45, 7) is 1.58. The summed E-state index contributed by atoms with van der Waals surface area (Å²) in [6, 6.07) is 17.1. The molecule has 0 aliphatic rings. The lowest BCUT2D eigenvalue weighted by molar-refractivity contribution is -0.117. The van der Waals surface area contributed by atoms with E-state index in [2.05, 4.69) is 16.0 Å². The Labute approximate surface area is 172 Å². The van der Waals surface area contributed by atoms with Crippen LogP contribution in [0, 0.1) is 0 Å². The van der Waals surface area contributed by atoms with Gasteiger partial charge in [-0.15, -0.1) is 0 Å². The summed E-state index contributed by atoms with van der Waals surface area (Å²) in [5, 5.41) is 8.48. The lowest BCUT2D eigenvalue weighted by Crippen LogP contribution is -2.43. The van der Waals surface area contributed by atoms with E-state index in [-0.39, 0.29) is 11.5 Å². The van der Waals surface area contributed by atoms with E-state index in [0.717, 1.165) is 0 Å². The van der Waals surface area contributed by atoms with Crippen LogP contribution in [0.15, 0.2) is 77.7 Å². The number of hydrogen-bond donors (Lipinski definition) is 3. The first-order valence-corrected chi connectivity index (χ1v) is 9.22. The smallest absolute Gasteiger partial charge is 0.319 e. The summed E-state index contributed by atoms with van der Waals surface area (Å²) in [5.74, 6) is -0.374. The van der Waals surface area contributed by atoms with Gasteiger partial charge in [0.1, 0.15) is 6.04 Å². The lowest BCUT2D eigenvalue weighted by Gasteiger charge is -2.15. The maximum atomic E-state index is 12.3. The molecular weight excluding hydrogens is 392 g/mol. The summed E-state index contributed by atoms with van der Waals surface area (Å²) in [6.07, 6.45) is 1.67. The van der Waals surface area contributed by atoms with E-state index < -0.39 is 12.1 Å². The summed E-state index contributed by atoms with van der Waals surface area (Å²) >= 11 is 5.81. The number of nitrogens with one attached hydrogen (secondary N) is 3. The van der Waals surface area contributed by atoms with Gasteiger partial charge in [0, 0.05) is 34.3 Å². The molecule has 0 radical (unpaired) electrons. The first kappa shape index (κ1) is 20.2. The maximum Gasteiger partial charge on any atom is 0.319 e. The first-order valence-electron chi connectivity index (χ1n) is 8.84. The predicted octanol–water partition coefficient (Wildman–Crippen LogP) is 3.64. The van der Waals surface area contributed by atoms with Crippen molar-refractivity contribution in [2.75, 3.05) is 10.6 Å². The maximum absolute atomic E-state index is 12.3. The molecule has 29 heavy (non-hydrogen) atoms. The van der Waals surface area contributed by atoms with Crippen molar-refractivity contribution in [1.82, 2.24) is 9.88 Å². The molecule has 0 fully saturated rings. The van der Waals surface area contributed by atoms with Gasteiger partial charge in [-0.1, -0.05) is 17.7 Å². The molecule has 1 unspecified atom stereocenters. The quantitative estimate of drug-likeness (QED) is 0.599. The highest BCUT2D eigenvalue weighted by molar-refractivity contribution is 6.30. The Morgan fingerprint density at radius 3 is 2.17 bits per heavy atom. The molecule has 3 amide bonds. The van der Waals surface area contributed by atoms with E-state index in [1.807, 2.05) is 0 Å². The average molecular weight is 411 g/mol. The molecule has 148 valence electrons. The van der Waals surface area contributed by atoms with Crippen molar-refractivity contribution in [3.63, 3.8) is 0 Å². The molecule has 1 heterocycles. The Balaban J connectivity index is 1.56. The van der Waals surface area contributed by atoms with Crippen molar-refractivity contribution in [1.29, 1.82) is 0 Å². The molecular formula is C21H19ClN4O3. The van der Waals surface area contributed by atoms with Crippen LogP contribution in [-0.4, -0.2) is 22.5 Å². The first-order chi connectivity index (χ1) is 13.9. The summed E-state index contributed by atoms with van der Waals surface area (Å²) in [5.41, 5.74) is 1.65. The molecule has 3 N–H and O–H groups in total. The number of halogens is 1. The number of benzene rings is 2. The fourth-order valence-corrected chi connectivity index (χ4v) is 2.69.